The quantitative estimate of drug-likeness (QED) is 0.860. The minimum atomic E-state index is 0.347. The number of likely N-dealkylation sites (tertiary alicyclic amines) is 1. The molecular weight excluding hydrogens is 224 g/mol. The van der Waals surface area contributed by atoms with E-state index in [2.05, 4.69) is 17.9 Å². The van der Waals surface area contributed by atoms with Crippen molar-refractivity contribution in [3.63, 3.8) is 0 Å². The van der Waals surface area contributed by atoms with Gasteiger partial charge in [-0.15, -0.1) is 0 Å². The van der Waals surface area contributed by atoms with E-state index in [4.69, 9.17) is 5.73 Å². The van der Waals surface area contributed by atoms with Crippen LogP contribution in [0.1, 0.15) is 31.7 Å². The number of hydrogen-bond donors (Lipinski definition) is 2. The maximum atomic E-state index is 9.50. The van der Waals surface area contributed by atoms with E-state index in [0.717, 1.165) is 25.6 Å². The summed E-state index contributed by atoms with van der Waals surface area (Å²) in [7, 11) is 0. The number of phenols is 1. The van der Waals surface area contributed by atoms with Gasteiger partial charge in [-0.2, -0.15) is 0 Å². The summed E-state index contributed by atoms with van der Waals surface area (Å²) in [5, 5.41) is 9.50. The normalized spacial score (nSPS) is 25.2. The number of rotatable bonds is 4. The van der Waals surface area contributed by atoms with Gasteiger partial charge in [-0.05, 0) is 43.0 Å². The molecule has 3 N–H and O–H groups in total. The Kier molecular flexibility index (Phi) is 4.61. The molecule has 1 saturated heterocycles. The number of piperidine rings is 1. The number of nitrogens with two attached hydrogens (primary N) is 1. The molecule has 1 aliphatic heterocycles. The van der Waals surface area contributed by atoms with Gasteiger partial charge in [0, 0.05) is 19.1 Å². The third-order valence-corrected chi connectivity index (χ3v) is 4.09. The lowest BCUT2D eigenvalue weighted by Gasteiger charge is -2.38. The number of nitrogens with zero attached hydrogens (tertiary/aromatic N) is 1. The summed E-state index contributed by atoms with van der Waals surface area (Å²) in [5.74, 6) is 1.18. The molecule has 1 aromatic carbocycles. The molecule has 0 spiro atoms. The summed E-state index contributed by atoms with van der Waals surface area (Å²) in [4.78, 5) is 2.46. The second-order valence-electron chi connectivity index (χ2n) is 5.33. The Labute approximate surface area is 110 Å². The first-order chi connectivity index (χ1) is 8.72. The molecule has 0 radical (unpaired) electrons. The predicted molar refractivity (Wildman–Crippen MR) is 74.4 cm³/mol. The van der Waals surface area contributed by atoms with E-state index in [1.165, 1.54) is 24.8 Å². The summed E-state index contributed by atoms with van der Waals surface area (Å²) in [6, 6.07) is 8.03. The van der Waals surface area contributed by atoms with Gasteiger partial charge in [0.25, 0.3) is 0 Å². The number of hydrogen-bond acceptors (Lipinski definition) is 3. The molecule has 1 aromatic rings. The van der Waals surface area contributed by atoms with Gasteiger partial charge in [-0.25, -0.2) is 0 Å². The van der Waals surface area contributed by atoms with Crippen molar-refractivity contribution in [1.82, 2.24) is 4.90 Å². The Balaban J connectivity index is 2.00. The fourth-order valence-corrected chi connectivity index (χ4v) is 2.90. The van der Waals surface area contributed by atoms with Crippen LogP contribution in [0.4, 0.5) is 0 Å². The maximum Gasteiger partial charge on any atom is 0.115 e. The Morgan fingerprint density at radius 1 is 1.44 bits per heavy atom. The highest BCUT2D eigenvalue weighted by atomic mass is 16.3. The Hall–Kier alpha value is -1.06. The molecule has 0 amide bonds. The second kappa shape index (κ2) is 6.21. The maximum absolute atomic E-state index is 9.50. The molecule has 18 heavy (non-hydrogen) atoms. The van der Waals surface area contributed by atoms with Crippen LogP contribution in [-0.2, 0) is 6.54 Å². The lowest BCUT2D eigenvalue weighted by atomic mass is 9.88. The zero-order valence-corrected chi connectivity index (χ0v) is 11.2. The fourth-order valence-electron chi connectivity index (χ4n) is 2.90. The SMILES string of the molecule is CCC1CCN(Cc2cccc(O)c2)C(CN)C1. The van der Waals surface area contributed by atoms with Crippen LogP contribution in [0.3, 0.4) is 0 Å². The summed E-state index contributed by atoms with van der Waals surface area (Å²) in [6.07, 6.45) is 3.74. The highest BCUT2D eigenvalue weighted by molar-refractivity contribution is 5.27. The minimum Gasteiger partial charge on any atom is -0.508 e. The van der Waals surface area contributed by atoms with Gasteiger partial charge in [0.2, 0.25) is 0 Å². The molecular formula is C15H24N2O. The van der Waals surface area contributed by atoms with E-state index in [1.54, 1.807) is 6.07 Å². The molecule has 1 aliphatic rings. The van der Waals surface area contributed by atoms with Crippen molar-refractivity contribution >= 4 is 0 Å². The van der Waals surface area contributed by atoms with Crippen LogP contribution in [0.15, 0.2) is 24.3 Å². The van der Waals surface area contributed by atoms with Crippen LogP contribution in [-0.4, -0.2) is 29.1 Å². The van der Waals surface area contributed by atoms with Gasteiger partial charge < -0.3 is 10.8 Å². The first-order valence-electron chi connectivity index (χ1n) is 6.95. The molecule has 1 heterocycles. The van der Waals surface area contributed by atoms with Crippen LogP contribution < -0.4 is 5.73 Å². The molecule has 1 fully saturated rings. The highest BCUT2D eigenvalue weighted by Gasteiger charge is 2.26. The summed E-state index contributed by atoms with van der Waals surface area (Å²) < 4.78 is 0. The van der Waals surface area contributed by atoms with Crippen LogP contribution in [0.25, 0.3) is 0 Å². The molecule has 0 bridgehead atoms. The van der Waals surface area contributed by atoms with Crippen LogP contribution in [0.2, 0.25) is 0 Å². The Bertz CT molecular complexity index is 381. The smallest absolute Gasteiger partial charge is 0.115 e. The molecule has 100 valence electrons. The van der Waals surface area contributed by atoms with Crippen molar-refractivity contribution < 1.29 is 5.11 Å². The van der Waals surface area contributed by atoms with Crippen molar-refractivity contribution in [2.75, 3.05) is 13.1 Å². The van der Waals surface area contributed by atoms with Crippen molar-refractivity contribution in [2.24, 2.45) is 11.7 Å². The van der Waals surface area contributed by atoms with Crippen molar-refractivity contribution in [2.45, 2.75) is 38.8 Å². The second-order valence-corrected chi connectivity index (χ2v) is 5.33. The number of benzene rings is 1. The zero-order chi connectivity index (χ0) is 13.0. The summed E-state index contributed by atoms with van der Waals surface area (Å²) in [5.41, 5.74) is 7.07. The van der Waals surface area contributed by atoms with Crippen LogP contribution in [0.5, 0.6) is 5.75 Å². The molecule has 0 aliphatic carbocycles. The lowest BCUT2D eigenvalue weighted by molar-refractivity contribution is 0.107. The van der Waals surface area contributed by atoms with Crippen molar-refractivity contribution in [1.29, 1.82) is 0 Å². The fraction of sp³-hybridized carbons (Fsp3) is 0.600. The van der Waals surface area contributed by atoms with E-state index in [1.807, 2.05) is 12.1 Å². The molecule has 0 saturated carbocycles. The van der Waals surface area contributed by atoms with Gasteiger partial charge in [-0.1, -0.05) is 25.5 Å². The lowest BCUT2D eigenvalue weighted by Crippen LogP contribution is -2.45. The van der Waals surface area contributed by atoms with E-state index >= 15 is 0 Å². The third kappa shape index (κ3) is 3.24. The monoisotopic (exact) mass is 248 g/mol. The standard InChI is InChI=1S/C15H24N2O/c1-2-12-6-7-17(14(8-12)10-16)11-13-4-3-5-15(18)9-13/h3-5,9,12,14,18H,2,6-8,10-11,16H2,1H3. The average molecular weight is 248 g/mol. The first kappa shape index (κ1) is 13.4. The third-order valence-electron chi connectivity index (χ3n) is 4.09. The molecule has 2 unspecified atom stereocenters. The molecule has 0 aromatic heterocycles. The van der Waals surface area contributed by atoms with E-state index < -0.39 is 0 Å². The average Bonchev–Trinajstić information content (AvgIpc) is 2.39. The van der Waals surface area contributed by atoms with Crippen LogP contribution >= 0.6 is 0 Å². The van der Waals surface area contributed by atoms with Crippen LogP contribution in [0, 0.1) is 5.92 Å². The van der Waals surface area contributed by atoms with Gasteiger partial charge in [0.1, 0.15) is 5.75 Å². The molecule has 2 atom stereocenters. The zero-order valence-electron chi connectivity index (χ0n) is 11.2. The summed E-state index contributed by atoms with van der Waals surface area (Å²) >= 11 is 0. The highest BCUT2D eigenvalue weighted by Crippen LogP contribution is 2.26. The van der Waals surface area contributed by atoms with E-state index in [-0.39, 0.29) is 0 Å². The van der Waals surface area contributed by atoms with Crippen molar-refractivity contribution in [3.8, 4) is 5.75 Å². The van der Waals surface area contributed by atoms with E-state index in [0.29, 0.717) is 11.8 Å². The first-order valence-corrected chi connectivity index (χ1v) is 6.95. The molecule has 3 nitrogen and oxygen atoms in total. The number of phenolic OH excluding ortho intramolecular Hbond substituents is 1. The Morgan fingerprint density at radius 2 is 2.28 bits per heavy atom. The van der Waals surface area contributed by atoms with Gasteiger partial charge >= 0.3 is 0 Å². The minimum absolute atomic E-state index is 0.347. The molecule has 2 rings (SSSR count). The number of aromatic hydroxyl groups is 1. The van der Waals surface area contributed by atoms with E-state index in [9.17, 15) is 5.11 Å². The van der Waals surface area contributed by atoms with Crippen molar-refractivity contribution in [3.05, 3.63) is 29.8 Å². The van der Waals surface area contributed by atoms with Gasteiger partial charge in [0.05, 0.1) is 0 Å². The topological polar surface area (TPSA) is 49.5 Å². The Morgan fingerprint density at radius 3 is 2.94 bits per heavy atom. The summed E-state index contributed by atoms with van der Waals surface area (Å²) in [6.45, 7) is 5.02. The largest absolute Gasteiger partial charge is 0.508 e. The van der Waals surface area contributed by atoms with Gasteiger partial charge in [-0.3, -0.25) is 4.90 Å². The predicted octanol–water partition coefficient (Wildman–Crippen LogP) is 2.34. The molecule has 3 heteroatoms. The van der Waals surface area contributed by atoms with Gasteiger partial charge in [0.15, 0.2) is 0 Å².